The zero-order chi connectivity index (χ0) is 13.4. The van der Waals surface area contributed by atoms with Crippen LogP contribution in [0.3, 0.4) is 0 Å². The molecule has 0 aromatic carbocycles. The van der Waals surface area contributed by atoms with E-state index in [2.05, 4.69) is 29.9 Å². The highest BCUT2D eigenvalue weighted by atomic mass is 15.0. The SMILES string of the molecule is c1cnc2cnc(-c3cnc4ncccc4n3)nc2c1. The number of aromatic nitrogens is 6. The van der Waals surface area contributed by atoms with Crippen molar-refractivity contribution in [2.24, 2.45) is 0 Å². The van der Waals surface area contributed by atoms with E-state index >= 15 is 0 Å². The number of pyridine rings is 2. The van der Waals surface area contributed by atoms with Crippen LogP contribution in [0.2, 0.25) is 0 Å². The Bertz CT molecular complexity index is 844. The molecule has 0 spiro atoms. The summed E-state index contributed by atoms with van der Waals surface area (Å²) in [5.74, 6) is 0.531. The highest BCUT2D eigenvalue weighted by molar-refractivity contribution is 5.76. The van der Waals surface area contributed by atoms with Gasteiger partial charge in [-0.1, -0.05) is 0 Å². The van der Waals surface area contributed by atoms with Crippen molar-refractivity contribution in [3.63, 3.8) is 0 Å². The summed E-state index contributed by atoms with van der Waals surface area (Å²) < 4.78 is 0. The van der Waals surface area contributed by atoms with Crippen molar-refractivity contribution in [3.8, 4) is 11.5 Å². The molecule has 6 nitrogen and oxygen atoms in total. The van der Waals surface area contributed by atoms with Gasteiger partial charge in [-0.15, -0.1) is 0 Å². The Morgan fingerprint density at radius 2 is 1.50 bits per heavy atom. The molecule has 0 atom stereocenters. The van der Waals surface area contributed by atoms with Crippen molar-refractivity contribution in [1.29, 1.82) is 0 Å². The third-order valence-corrected chi connectivity index (χ3v) is 2.90. The minimum absolute atomic E-state index is 0.531. The Hall–Kier alpha value is -3.02. The van der Waals surface area contributed by atoms with Crippen molar-refractivity contribution < 1.29 is 0 Å². The topological polar surface area (TPSA) is 77.3 Å². The second-order valence-electron chi connectivity index (χ2n) is 4.20. The third-order valence-electron chi connectivity index (χ3n) is 2.90. The van der Waals surface area contributed by atoms with Crippen LogP contribution in [0.4, 0.5) is 0 Å². The van der Waals surface area contributed by atoms with Gasteiger partial charge in [0.2, 0.25) is 0 Å². The number of nitrogens with zero attached hydrogens (tertiary/aromatic N) is 6. The molecule has 0 unspecified atom stereocenters. The first kappa shape index (κ1) is 10.9. The second-order valence-corrected chi connectivity index (χ2v) is 4.20. The standard InChI is InChI=1S/C14H8N6/c1-3-9-11(15-5-1)7-18-14(20-9)12-8-17-13-10(19-12)4-2-6-16-13/h1-8H. The van der Waals surface area contributed by atoms with Crippen molar-refractivity contribution >= 4 is 22.2 Å². The van der Waals surface area contributed by atoms with Gasteiger partial charge in [0.25, 0.3) is 0 Å². The predicted octanol–water partition coefficient (Wildman–Crippen LogP) is 2.03. The van der Waals surface area contributed by atoms with Crippen LogP contribution in [0.1, 0.15) is 0 Å². The van der Waals surface area contributed by atoms with E-state index in [9.17, 15) is 0 Å². The molecule has 4 aromatic heterocycles. The van der Waals surface area contributed by atoms with Crippen LogP contribution in [0.25, 0.3) is 33.7 Å². The first-order valence-corrected chi connectivity index (χ1v) is 6.06. The van der Waals surface area contributed by atoms with Crippen LogP contribution in [-0.4, -0.2) is 29.9 Å². The Morgan fingerprint density at radius 1 is 0.650 bits per heavy atom. The highest BCUT2D eigenvalue weighted by Crippen LogP contribution is 2.16. The molecular weight excluding hydrogens is 252 g/mol. The molecular formula is C14H8N6. The summed E-state index contributed by atoms with van der Waals surface area (Å²) in [6.45, 7) is 0. The largest absolute Gasteiger partial charge is 0.253 e. The summed E-state index contributed by atoms with van der Waals surface area (Å²) in [5.41, 5.74) is 3.49. The molecule has 0 aliphatic heterocycles. The van der Waals surface area contributed by atoms with Crippen LogP contribution < -0.4 is 0 Å². The summed E-state index contributed by atoms with van der Waals surface area (Å²) in [5, 5.41) is 0. The van der Waals surface area contributed by atoms with Gasteiger partial charge in [-0.25, -0.2) is 24.9 Å². The monoisotopic (exact) mass is 260 g/mol. The van der Waals surface area contributed by atoms with Crippen LogP contribution in [-0.2, 0) is 0 Å². The summed E-state index contributed by atoms with van der Waals surface area (Å²) in [7, 11) is 0. The average molecular weight is 260 g/mol. The fourth-order valence-electron chi connectivity index (χ4n) is 1.96. The first-order chi connectivity index (χ1) is 9.90. The van der Waals surface area contributed by atoms with E-state index in [1.54, 1.807) is 24.8 Å². The van der Waals surface area contributed by atoms with Gasteiger partial charge in [0.05, 0.1) is 17.9 Å². The normalized spacial score (nSPS) is 11.0. The van der Waals surface area contributed by atoms with Gasteiger partial charge in [0.15, 0.2) is 11.5 Å². The minimum atomic E-state index is 0.531. The lowest BCUT2D eigenvalue weighted by Gasteiger charge is -2.02. The van der Waals surface area contributed by atoms with Gasteiger partial charge >= 0.3 is 0 Å². The van der Waals surface area contributed by atoms with Gasteiger partial charge in [-0.05, 0) is 24.3 Å². The number of hydrogen-bond donors (Lipinski definition) is 0. The molecule has 4 rings (SSSR count). The molecule has 6 heteroatoms. The van der Waals surface area contributed by atoms with Crippen LogP contribution in [0, 0.1) is 0 Å². The fourth-order valence-corrected chi connectivity index (χ4v) is 1.96. The molecule has 4 aromatic rings. The van der Waals surface area contributed by atoms with Crippen LogP contribution in [0.15, 0.2) is 49.1 Å². The van der Waals surface area contributed by atoms with Crippen molar-refractivity contribution in [2.75, 3.05) is 0 Å². The first-order valence-electron chi connectivity index (χ1n) is 6.06. The number of fused-ring (bicyclic) bond motifs is 2. The lowest BCUT2D eigenvalue weighted by Crippen LogP contribution is -1.95. The summed E-state index contributed by atoms with van der Waals surface area (Å²) in [6.07, 6.45) is 6.72. The molecule has 0 radical (unpaired) electrons. The zero-order valence-electron chi connectivity index (χ0n) is 10.3. The predicted molar refractivity (Wildman–Crippen MR) is 73.7 cm³/mol. The van der Waals surface area contributed by atoms with Crippen molar-refractivity contribution in [3.05, 3.63) is 49.1 Å². The lowest BCUT2D eigenvalue weighted by molar-refractivity contribution is 1.15. The summed E-state index contributed by atoms with van der Waals surface area (Å²) in [6, 6.07) is 7.42. The molecule has 0 amide bonds. The quantitative estimate of drug-likeness (QED) is 0.521. The molecule has 20 heavy (non-hydrogen) atoms. The second kappa shape index (κ2) is 4.27. The molecule has 0 saturated carbocycles. The fraction of sp³-hybridized carbons (Fsp3) is 0. The van der Waals surface area contributed by atoms with E-state index in [1.807, 2.05) is 24.3 Å². The van der Waals surface area contributed by atoms with E-state index in [0.717, 1.165) is 16.6 Å². The molecule has 0 aliphatic rings. The third kappa shape index (κ3) is 1.74. The van der Waals surface area contributed by atoms with Crippen LogP contribution in [0.5, 0.6) is 0 Å². The summed E-state index contributed by atoms with van der Waals surface area (Å²) in [4.78, 5) is 25.8. The smallest absolute Gasteiger partial charge is 0.180 e. The van der Waals surface area contributed by atoms with E-state index in [4.69, 9.17) is 0 Å². The maximum absolute atomic E-state index is 4.48. The molecule has 0 fully saturated rings. The molecule has 4 heterocycles. The number of rotatable bonds is 1. The minimum Gasteiger partial charge on any atom is -0.253 e. The van der Waals surface area contributed by atoms with E-state index in [0.29, 0.717) is 17.2 Å². The Kier molecular flexibility index (Phi) is 2.32. The Morgan fingerprint density at radius 3 is 2.45 bits per heavy atom. The van der Waals surface area contributed by atoms with Gasteiger partial charge in [0.1, 0.15) is 16.7 Å². The number of hydrogen-bond acceptors (Lipinski definition) is 6. The van der Waals surface area contributed by atoms with Gasteiger partial charge in [0, 0.05) is 12.4 Å². The average Bonchev–Trinajstić information content (AvgIpc) is 2.54. The molecule has 0 saturated heterocycles. The Labute approximate surface area is 113 Å². The van der Waals surface area contributed by atoms with E-state index in [1.165, 1.54) is 0 Å². The van der Waals surface area contributed by atoms with E-state index < -0.39 is 0 Å². The maximum Gasteiger partial charge on any atom is 0.180 e. The maximum atomic E-state index is 4.48. The van der Waals surface area contributed by atoms with Crippen molar-refractivity contribution in [2.45, 2.75) is 0 Å². The molecule has 0 bridgehead atoms. The molecule has 0 aliphatic carbocycles. The van der Waals surface area contributed by atoms with Gasteiger partial charge in [-0.2, -0.15) is 0 Å². The molecule has 0 N–H and O–H groups in total. The lowest BCUT2D eigenvalue weighted by atomic mass is 10.3. The van der Waals surface area contributed by atoms with Gasteiger partial charge < -0.3 is 0 Å². The van der Waals surface area contributed by atoms with Crippen LogP contribution >= 0.6 is 0 Å². The highest BCUT2D eigenvalue weighted by Gasteiger charge is 2.07. The van der Waals surface area contributed by atoms with Crippen molar-refractivity contribution in [1.82, 2.24) is 29.9 Å². The zero-order valence-corrected chi connectivity index (χ0v) is 10.3. The summed E-state index contributed by atoms with van der Waals surface area (Å²) >= 11 is 0. The Balaban J connectivity index is 1.91. The van der Waals surface area contributed by atoms with Gasteiger partial charge in [-0.3, -0.25) is 4.98 Å². The van der Waals surface area contributed by atoms with E-state index in [-0.39, 0.29) is 0 Å². The molecule has 94 valence electrons.